The summed E-state index contributed by atoms with van der Waals surface area (Å²) in [5.74, 6) is 0.278. The highest BCUT2D eigenvalue weighted by Gasteiger charge is 2.47. The molecule has 0 aromatic rings. The van der Waals surface area contributed by atoms with Crippen LogP contribution in [0.4, 0.5) is 0 Å². The van der Waals surface area contributed by atoms with Crippen molar-refractivity contribution in [2.24, 2.45) is 11.3 Å². The molecule has 2 rings (SSSR count). The predicted octanol–water partition coefficient (Wildman–Crippen LogP) is 2.24. The van der Waals surface area contributed by atoms with Crippen LogP contribution in [0.1, 0.15) is 33.6 Å². The van der Waals surface area contributed by atoms with Gasteiger partial charge < -0.3 is 5.11 Å². The van der Waals surface area contributed by atoms with Crippen LogP contribution in [0.2, 0.25) is 0 Å². The van der Waals surface area contributed by atoms with Crippen LogP contribution in [-0.2, 0) is 4.79 Å². The van der Waals surface area contributed by atoms with Gasteiger partial charge in [0, 0.05) is 11.3 Å². The number of aliphatic hydroxyl groups excluding tert-OH is 1. The van der Waals surface area contributed by atoms with Crippen LogP contribution >= 0.6 is 0 Å². The number of allylic oxidation sites excluding steroid dienone is 3. The van der Waals surface area contributed by atoms with Crippen LogP contribution in [0.25, 0.3) is 0 Å². The summed E-state index contributed by atoms with van der Waals surface area (Å²) >= 11 is 0. The van der Waals surface area contributed by atoms with Crippen molar-refractivity contribution in [3.63, 3.8) is 0 Å². The fraction of sp³-hybridized carbons (Fsp3) is 0.615. The first-order valence-corrected chi connectivity index (χ1v) is 5.52. The van der Waals surface area contributed by atoms with E-state index in [0.29, 0.717) is 5.57 Å². The third-order valence-corrected chi connectivity index (χ3v) is 3.94. The first kappa shape index (κ1) is 10.6. The lowest BCUT2D eigenvalue weighted by Crippen LogP contribution is -2.46. The van der Waals surface area contributed by atoms with Gasteiger partial charge in [-0.2, -0.15) is 0 Å². The molecule has 0 radical (unpaired) electrons. The van der Waals surface area contributed by atoms with Crippen LogP contribution in [-0.4, -0.2) is 17.0 Å². The Morgan fingerprint density at radius 3 is 2.80 bits per heavy atom. The molecule has 2 aliphatic carbocycles. The first-order chi connectivity index (χ1) is 6.95. The average molecular weight is 206 g/mol. The molecule has 82 valence electrons. The zero-order valence-corrected chi connectivity index (χ0v) is 9.58. The zero-order chi connectivity index (χ0) is 11.2. The molecule has 0 heterocycles. The van der Waals surface area contributed by atoms with E-state index in [0.717, 1.165) is 12.8 Å². The minimum absolute atomic E-state index is 0.0682. The summed E-state index contributed by atoms with van der Waals surface area (Å²) in [6, 6.07) is 0. The highest BCUT2D eigenvalue weighted by molar-refractivity contribution is 6.00. The van der Waals surface area contributed by atoms with Crippen molar-refractivity contribution in [2.75, 3.05) is 0 Å². The SMILES string of the molecule is CC1=CC[C@@]2(C)C(=O)C(C)=C[C@@H](O)[C@H]2C1. The van der Waals surface area contributed by atoms with Gasteiger partial charge in [-0.1, -0.05) is 18.6 Å². The van der Waals surface area contributed by atoms with E-state index in [4.69, 9.17) is 0 Å². The summed E-state index contributed by atoms with van der Waals surface area (Å²) < 4.78 is 0. The van der Waals surface area contributed by atoms with Crippen molar-refractivity contribution in [3.8, 4) is 0 Å². The lowest BCUT2D eigenvalue weighted by Gasteiger charge is -2.44. The largest absolute Gasteiger partial charge is 0.389 e. The molecule has 0 aromatic carbocycles. The van der Waals surface area contributed by atoms with Crippen molar-refractivity contribution in [1.29, 1.82) is 0 Å². The summed E-state index contributed by atoms with van der Waals surface area (Å²) in [5.41, 5.74) is 1.63. The van der Waals surface area contributed by atoms with Gasteiger partial charge in [0.05, 0.1) is 6.10 Å². The molecule has 0 spiro atoms. The van der Waals surface area contributed by atoms with Crippen molar-refractivity contribution in [2.45, 2.75) is 39.7 Å². The maximum atomic E-state index is 12.1. The Hall–Kier alpha value is -0.890. The van der Waals surface area contributed by atoms with Gasteiger partial charge >= 0.3 is 0 Å². The Kier molecular flexibility index (Phi) is 2.34. The Labute approximate surface area is 90.7 Å². The Morgan fingerprint density at radius 1 is 1.47 bits per heavy atom. The van der Waals surface area contributed by atoms with E-state index in [9.17, 15) is 9.90 Å². The topological polar surface area (TPSA) is 37.3 Å². The van der Waals surface area contributed by atoms with E-state index in [-0.39, 0.29) is 17.1 Å². The number of hydrogen-bond acceptors (Lipinski definition) is 2. The summed E-state index contributed by atoms with van der Waals surface area (Å²) in [7, 11) is 0. The van der Waals surface area contributed by atoms with Gasteiger partial charge in [-0.15, -0.1) is 0 Å². The number of ketones is 1. The van der Waals surface area contributed by atoms with Gasteiger partial charge in [0.2, 0.25) is 0 Å². The second kappa shape index (κ2) is 3.31. The van der Waals surface area contributed by atoms with E-state index in [1.54, 1.807) is 13.0 Å². The normalized spacial score (nSPS) is 40.7. The van der Waals surface area contributed by atoms with E-state index >= 15 is 0 Å². The molecule has 2 nitrogen and oxygen atoms in total. The predicted molar refractivity (Wildman–Crippen MR) is 59.4 cm³/mol. The molecule has 0 unspecified atom stereocenters. The third kappa shape index (κ3) is 1.48. The van der Waals surface area contributed by atoms with Gasteiger partial charge in [-0.05, 0) is 38.3 Å². The van der Waals surface area contributed by atoms with Crippen molar-refractivity contribution >= 4 is 5.78 Å². The summed E-state index contributed by atoms with van der Waals surface area (Å²) in [6.45, 7) is 5.86. The smallest absolute Gasteiger partial charge is 0.164 e. The van der Waals surface area contributed by atoms with Crippen LogP contribution in [0, 0.1) is 11.3 Å². The number of rotatable bonds is 0. The molecule has 3 atom stereocenters. The molecule has 2 aliphatic rings. The summed E-state index contributed by atoms with van der Waals surface area (Å²) in [6.07, 6.45) is 5.00. The molecule has 15 heavy (non-hydrogen) atoms. The molecule has 2 heteroatoms. The average Bonchev–Trinajstić information content (AvgIpc) is 2.18. The maximum absolute atomic E-state index is 12.1. The standard InChI is InChI=1S/C13H18O2/c1-8-4-5-13(3)10(6-8)11(14)7-9(2)12(13)15/h4,7,10-11,14H,5-6H2,1-3H3/t10-,11-,13-/m1/s1. The lowest BCUT2D eigenvalue weighted by molar-refractivity contribution is -0.131. The minimum Gasteiger partial charge on any atom is -0.389 e. The molecule has 0 aromatic heterocycles. The molecule has 0 saturated heterocycles. The number of Topliss-reactive ketones (excluding diaryl/α,β-unsaturated/α-hetero) is 1. The number of hydrogen-bond donors (Lipinski definition) is 1. The number of carbonyl (C=O) groups is 1. The van der Waals surface area contributed by atoms with Gasteiger partial charge in [0.15, 0.2) is 5.78 Å². The number of carbonyl (C=O) groups excluding carboxylic acids is 1. The Bertz CT molecular complexity index is 365. The van der Waals surface area contributed by atoms with Crippen molar-refractivity contribution < 1.29 is 9.90 Å². The second-order valence-corrected chi connectivity index (χ2v) is 5.15. The van der Waals surface area contributed by atoms with Gasteiger partial charge in [0.1, 0.15) is 0 Å². The fourth-order valence-electron chi connectivity index (χ4n) is 2.85. The van der Waals surface area contributed by atoms with Crippen LogP contribution < -0.4 is 0 Å². The molecule has 0 saturated carbocycles. The quantitative estimate of drug-likeness (QED) is 0.617. The van der Waals surface area contributed by atoms with E-state index in [1.165, 1.54) is 5.57 Å². The summed E-state index contributed by atoms with van der Waals surface area (Å²) in [4.78, 5) is 12.1. The van der Waals surface area contributed by atoms with Crippen molar-refractivity contribution in [1.82, 2.24) is 0 Å². The van der Waals surface area contributed by atoms with Crippen molar-refractivity contribution in [3.05, 3.63) is 23.3 Å². The van der Waals surface area contributed by atoms with Crippen LogP contribution in [0.15, 0.2) is 23.3 Å². The molecule has 1 N–H and O–H groups in total. The third-order valence-electron chi connectivity index (χ3n) is 3.94. The summed E-state index contributed by atoms with van der Waals surface area (Å²) in [5, 5.41) is 10.0. The number of aliphatic hydroxyl groups is 1. The minimum atomic E-state index is -0.462. The zero-order valence-electron chi connectivity index (χ0n) is 9.58. The van der Waals surface area contributed by atoms with E-state index < -0.39 is 6.10 Å². The lowest BCUT2D eigenvalue weighted by atomic mass is 9.60. The molecule has 0 aliphatic heterocycles. The molecule has 0 fully saturated rings. The molecular formula is C13H18O2. The first-order valence-electron chi connectivity index (χ1n) is 5.52. The van der Waals surface area contributed by atoms with Crippen LogP contribution in [0.5, 0.6) is 0 Å². The second-order valence-electron chi connectivity index (χ2n) is 5.15. The Morgan fingerprint density at radius 2 is 2.13 bits per heavy atom. The van der Waals surface area contributed by atoms with E-state index in [2.05, 4.69) is 13.0 Å². The van der Waals surface area contributed by atoms with Gasteiger partial charge in [-0.3, -0.25) is 4.79 Å². The van der Waals surface area contributed by atoms with E-state index in [1.807, 2.05) is 6.92 Å². The van der Waals surface area contributed by atoms with Gasteiger partial charge in [-0.25, -0.2) is 0 Å². The highest BCUT2D eigenvalue weighted by Crippen LogP contribution is 2.47. The van der Waals surface area contributed by atoms with Gasteiger partial charge in [0.25, 0.3) is 0 Å². The van der Waals surface area contributed by atoms with Crippen LogP contribution in [0.3, 0.4) is 0 Å². The molecule has 0 bridgehead atoms. The monoisotopic (exact) mass is 206 g/mol. The molecule has 0 amide bonds. The fourth-order valence-corrected chi connectivity index (χ4v) is 2.85. The molecular weight excluding hydrogens is 188 g/mol. The maximum Gasteiger partial charge on any atom is 0.164 e. The Balaban J connectivity index is 2.44. The highest BCUT2D eigenvalue weighted by atomic mass is 16.3. The number of fused-ring (bicyclic) bond motifs is 1.